The van der Waals surface area contributed by atoms with E-state index in [9.17, 15) is 4.79 Å². The van der Waals surface area contributed by atoms with Gasteiger partial charge in [0.2, 0.25) is 0 Å². The highest BCUT2D eigenvalue weighted by Gasteiger charge is 2.31. The molecule has 0 saturated carbocycles. The lowest BCUT2D eigenvalue weighted by Crippen LogP contribution is -2.42. The van der Waals surface area contributed by atoms with Crippen LogP contribution in [0.2, 0.25) is 10.0 Å². The van der Waals surface area contributed by atoms with E-state index in [0.29, 0.717) is 21.3 Å². The maximum atomic E-state index is 12.2. The molecule has 0 saturated heterocycles. The fourth-order valence-electron chi connectivity index (χ4n) is 2.39. The van der Waals surface area contributed by atoms with Crippen LogP contribution in [0.1, 0.15) is 10.4 Å². The second-order valence-electron chi connectivity index (χ2n) is 4.71. The molecule has 0 atom stereocenters. The van der Waals surface area contributed by atoms with Crippen molar-refractivity contribution in [3.05, 3.63) is 39.6 Å². The molecule has 0 aromatic heterocycles. The van der Waals surface area contributed by atoms with Crippen LogP contribution < -0.4 is 10.2 Å². The molecule has 0 spiro atoms. The highest BCUT2D eigenvalue weighted by molar-refractivity contribution is 6.39. The zero-order valence-electron chi connectivity index (χ0n) is 10.4. The Balaban J connectivity index is 2.17. The number of benzene rings is 1. The number of amides is 1. The number of nitrogens with zero attached hydrogens (tertiary/aromatic N) is 2. The molecule has 0 radical (unpaired) electrons. The molecular formula is C13H13Cl2N3O. The quantitative estimate of drug-likeness (QED) is 0.798. The number of halogens is 2. The number of nitrogens with one attached hydrogen (secondary N) is 1. The summed E-state index contributed by atoms with van der Waals surface area (Å²) in [6.07, 6.45) is 1.99. The maximum absolute atomic E-state index is 12.2. The lowest BCUT2D eigenvalue weighted by molar-refractivity contribution is 0.0961. The van der Waals surface area contributed by atoms with Gasteiger partial charge in [-0.1, -0.05) is 23.2 Å². The van der Waals surface area contributed by atoms with E-state index >= 15 is 0 Å². The minimum absolute atomic E-state index is 0.199. The Labute approximate surface area is 121 Å². The first kappa shape index (κ1) is 12.8. The fraction of sp³-hybridized carbons (Fsp3) is 0.308. The van der Waals surface area contributed by atoms with Crippen LogP contribution in [0.4, 0.5) is 5.69 Å². The van der Waals surface area contributed by atoms with Gasteiger partial charge in [-0.25, -0.2) is 0 Å². The number of hydrogen-bond donors (Lipinski definition) is 1. The van der Waals surface area contributed by atoms with Crippen molar-refractivity contribution in [3.8, 4) is 0 Å². The van der Waals surface area contributed by atoms with Crippen LogP contribution in [0.25, 0.3) is 0 Å². The molecule has 100 valence electrons. The van der Waals surface area contributed by atoms with Gasteiger partial charge in [-0.2, -0.15) is 0 Å². The number of fused-ring (bicyclic) bond motifs is 3. The van der Waals surface area contributed by atoms with Gasteiger partial charge in [0.25, 0.3) is 5.91 Å². The molecule has 2 heterocycles. The van der Waals surface area contributed by atoms with E-state index < -0.39 is 0 Å². The van der Waals surface area contributed by atoms with Gasteiger partial charge in [-0.15, -0.1) is 0 Å². The number of carbonyl (C=O) groups excluding carboxylic acids is 1. The predicted molar refractivity (Wildman–Crippen MR) is 76.9 cm³/mol. The largest absolute Gasteiger partial charge is 0.325 e. The predicted octanol–water partition coefficient (Wildman–Crippen LogP) is 2.33. The third-order valence-electron chi connectivity index (χ3n) is 3.41. The molecule has 6 heteroatoms. The summed E-state index contributed by atoms with van der Waals surface area (Å²) in [7, 11) is 2.04. The maximum Gasteiger partial charge on any atom is 0.260 e. The Hall–Kier alpha value is -1.23. The first-order valence-electron chi connectivity index (χ1n) is 6.03. The lowest BCUT2D eigenvalue weighted by Gasteiger charge is -2.33. The third kappa shape index (κ3) is 2.10. The molecule has 0 unspecified atom stereocenters. The van der Waals surface area contributed by atoms with Gasteiger partial charge < -0.3 is 15.1 Å². The zero-order valence-corrected chi connectivity index (χ0v) is 11.9. The molecule has 1 N–H and O–H groups in total. The molecule has 3 rings (SSSR count). The van der Waals surface area contributed by atoms with Crippen molar-refractivity contribution in [2.24, 2.45) is 0 Å². The normalized spacial score (nSPS) is 19.2. The van der Waals surface area contributed by atoms with E-state index in [1.54, 1.807) is 12.1 Å². The van der Waals surface area contributed by atoms with Gasteiger partial charge in [0.15, 0.2) is 0 Å². The summed E-state index contributed by atoms with van der Waals surface area (Å²) in [5, 5.41) is 3.85. The summed E-state index contributed by atoms with van der Waals surface area (Å²) in [6.45, 7) is 2.44. The van der Waals surface area contributed by atoms with Crippen LogP contribution >= 0.6 is 23.2 Å². The average Bonchev–Trinajstić information content (AvgIpc) is 2.56. The third-order valence-corrected chi connectivity index (χ3v) is 4.03. The van der Waals surface area contributed by atoms with Crippen molar-refractivity contribution in [1.29, 1.82) is 0 Å². The Morgan fingerprint density at radius 1 is 1.21 bits per heavy atom. The summed E-state index contributed by atoms with van der Waals surface area (Å²) in [4.78, 5) is 16.4. The minimum Gasteiger partial charge on any atom is -0.325 e. The fourth-order valence-corrected chi connectivity index (χ4v) is 2.88. The number of rotatable bonds is 0. The molecule has 1 aromatic rings. The Morgan fingerprint density at radius 3 is 2.74 bits per heavy atom. The minimum atomic E-state index is -0.199. The highest BCUT2D eigenvalue weighted by atomic mass is 35.5. The smallest absolute Gasteiger partial charge is 0.260 e. The average molecular weight is 298 g/mol. The molecule has 2 aliphatic rings. The second kappa shape index (κ2) is 4.71. The summed E-state index contributed by atoms with van der Waals surface area (Å²) in [6, 6.07) is 3.38. The monoisotopic (exact) mass is 297 g/mol. The summed E-state index contributed by atoms with van der Waals surface area (Å²) in [5.41, 5.74) is 1.16. The van der Waals surface area contributed by atoms with Gasteiger partial charge >= 0.3 is 0 Å². The molecule has 0 bridgehead atoms. The number of anilines is 1. The number of carbonyl (C=O) groups is 1. The first-order chi connectivity index (χ1) is 9.08. The zero-order chi connectivity index (χ0) is 13.6. The molecule has 1 amide bonds. The standard InChI is InChI=1S/C13H13Cl2N3O/c1-17-5-4-10-16-13(19)11-8(14)2-3-9(15)12(11)18(10)7-6-17/h2-4H,5-7H2,1H3,(H,16,19). The van der Waals surface area contributed by atoms with Crippen molar-refractivity contribution < 1.29 is 4.79 Å². The van der Waals surface area contributed by atoms with Crippen LogP contribution in [-0.2, 0) is 0 Å². The SMILES string of the molecule is CN1CC=C2NC(=O)c3c(Cl)ccc(Cl)c3N2CC1. The van der Waals surface area contributed by atoms with Gasteiger partial charge in [-0.3, -0.25) is 4.79 Å². The molecule has 1 aromatic carbocycles. The number of likely N-dealkylation sites (N-methyl/N-ethyl adjacent to an activating group) is 1. The van der Waals surface area contributed by atoms with E-state index in [0.717, 1.165) is 25.5 Å². The lowest BCUT2D eigenvalue weighted by atomic mass is 10.1. The van der Waals surface area contributed by atoms with Crippen LogP contribution in [0.3, 0.4) is 0 Å². The highest BCUT2D eigenvalue weighted by Crippen LogP contribution is 2.39. The second-order valence-corrected chi connectivity index (χ2v) is 5.52. The summed E-state index contributed by atoms with van der Waals surface area (Å²) >= 11 is 12.4. The van der Waals surface area contributed by atoms with Gasteiger partial charge in [-0.05, 0) is 25.3 Å². The Bertz CT molecular complexity index is 585. The van der Waals surface area contributed by atoms with Gasteiger partial charge in [0.05, 0.1) is 21.3 Å². The van der Waals surface area contributed by atoms with E-state index in [1.807, 2.05) is 18.0 Å². The van der Waals surface area contributed by atoms with Crippen molar-refractivity contribution in [3.63, 3.8) is 0 Å². The summed E-state index contributed by atoms with van der Waals surface area (Å²) in [5.74, 6) is 0.584. The van der Waals surface area contributed by atoms with Crippen LogP contribution in [0.15, 0.2) is 24.0 Å². The van der Waals surface area contributed by atoms with Crippen LogP contribution in [0, 0.1) is 0 Å². The van der Waals surface area contributed by atoms with E-state index in [-0.39, 0.29) is 5.91 Å². The van der Waals surface area contributed by atoms with E-state index in [1.165, 1.54) is 0 Å². The van der Waals surface area contributed by atoms with Crippen LogP contribution in [-0.4, -0.2) is 37.5 Å². The van der Waals surface area contributed by atoms with E-state index in [4.69, 9.17) is 23.2 Å². The van der Waals surface area contributed by atoms with Gasteiger partial charge in [0.1, 0.15) is 5.82 Å². The Kier molecular flexibility index (Phi) is 3.17. The van der Waals surface area contributed by atoms with E-state index in [2.05, 4.69) is 10.2 Å². The molecule has 0 fully saturated rings. The molecule has 19 heavy (non-hydrogen) atoms. The molecule has 0 aliphatic carbocycles. The topological polar surface area (TPSA) is 35.6 Å². The Morgan fingerprint density at radius 2 is 1.95 bits per heavy atom. The summed E-state index contributed by atoms with van der Waals surface area (Å²) < 4.78 is 0. The molecular weight excluding hydrogens is 285 g/mol. The van der Waals surface area contributed by atoms with Crippen LogP contribution in [0.5, 0.6) is 0 Å². The van der Waals surface area contributed by atoms with Gasteiger partial charge in [0, 0.05) is 19.6 Å². The molecule has 4 nitrogen and oxygen atoms in total. The number of hydrogen-bond acceptors (Lipinski definition) is 3. The van der Waals surface area contributed by atoms with Crippen molar-refractivity contribution >= 4 is 34.8 Å². The van der Waals surface area contributed by atoms with Crippen molar-refractivity contribution in [2.45, 2.75) is 0 Å². The van der Waals surface area contributed by atoms with Crippen molar-refractivity contribution in [1.82, 2.24) is 10.2 Å². The molecule has 2 aliphatic heterocycles. The first-order valence-corrected chi connectivity index (χ1v) is 6.79. The van der Waals surface area contributed by atoms with Crippen molar-refractivity contribution in [2.75, 3.05) is 31.6 Å².